The fourth-order valence-corrected chi connectivity index (χ4v) is 3.81. The molecular weight excluding hydrogens is 354 g/mol. The first-order chi connectivity index (χ1) is 10.7. The van der Waals surface area contributed by atoms with Crippen LogP contribution in [-0.4, -0.2) is 71.7 Å². The fraction of sp³-hybridized carbons (Fsp3) is 0.833. The summed E-state index contributed by atoms with van der Waals surface area (Å²) in [7, 11) is -4.58. The molecule has 0 aromatic rings. The van der Waals surface area contributed by atoms with Crippen molar-refractivity contribution in [2.45, 2.75) is 50.8 Å². The summed E-state index contributed by atoms with van der Waals surface area (Å²) in [4.78, 5) is 24.0. The highest BCUT2D eigenvalue weighted by Gasteiger charge is 2.57. The van der Waals surface area contributed by atoms with Gasteiger partial charge < -0.3 is 9.84 Å². The highest BCUT2D eigenvalue weighted by atomic mass is 32.2. The van der Waals surface area contributed by atoms with Crippen LogP contribution in [0.4, 0.5) is 18.4 Å². The van der Waals surface area contributed by atoms with Crippen LogP contribution in [-0.2, 0) is 19.2 Å². The predicted octanol–water partition coefficient (Wildman–Crippen LogP) is 1.25. The molecule has 2 atom stereocenters. The second-order valence-corrected chi connectivity index (χ2v) is 8.11. The minimum absolute atomic E-state index is 0.0313. The van der Waals surface area contributed by atoms with Gasteiger partial charge in [0.25, 0.3) is 5.92 Å². The Morgan fingerprint density at radius 3 is 2.38 bits per heavy atom. The van der Waals surface area contributed by atoms with Gasteiger partial charge in [-0.3, -0.25) is 9.08 Å². The number of amides is 2. The molecule has 0 aromatic heterocycles. The number of ether oxygens (including phenoxy) is 1. The molecule has 2 rings (SSSR count). The lowest BCUT2D eigenvalue weighted by molar-refractivity contribution is -0.00293. The number of alkyl halides is 2. The first kappa shape index (κ1) is 18.6. The number of likely N-dealkylation sites (tertiary alicyclic amines) is 1. The highest BCUT2D eigenvalue weighted by Crippen LogP contribution is 2.38. The van der Waals surface area contributed by atoms with Crippen molar-refractivity contribution in [1.29, 1.82) is 0 Å². The lowest BCUT2D eigenvalue weighted by Crippen LogP contribution is -2.52. The third-order valence-corrected chi connectivity index (χ3v) is 4.84. The van der Waals surface area contributed by atoms with Crippen LogP contribution in [0.2, 0.25) is 0 Å². The van der Waals surface area contributed by atoms with Gasteiger partial charge in [-0.05, 0) is 20.8 Å². The van der Waals surface area contributed by atoms with E-state index >= 15 is 0 Å². The summed E-state index contributed by atoms with van der Waals surface area (Å²) in [6, 6.07) is -2.85. The van der Waals surface area contributed by atoms with Crippen molar-refractivity contribution in [1.82, 2.24) is 9.21 Å². The molecule has 2 aliphatic heterocycles. The lowest BCUT2D eigenvalue weighted by Gasteiger charge is -2.32. The van der Waals surface area contributed by atoms with Gasteiger partial charge in [0.2, 0.25) is 0 Å². The smallest absolute Gasteiger partial charge is 0.423 e. The summed E-state index contributed by atoms with van der Waals surface area (Å²) in [6.45, 7) is 2.99. The van der Waals surface area contributed by atoms with Crippen LogP contribution in [0.15, 0.2) is 0 Å². The molecule has 2 amide bonds. The number of halogens is 2. The third-order valence-electron chi connectivity index (χ3n) is 3.50. The minimum atomic E-state index is -4.58. The Bertz CT molecular complexity index is 646. The summed E-state index contributed by atoms with van der Waals surface area (Å²) in [5, 5.41) is 9.07. The Balaban J connectivity index is 2.32. The molecule has 12 heteroatoms. The number of carbonyl (C=O) groups is 2. The molecule has 0 unspecified atom stereocenters. The average Bonchev–Trinajstić information content (AvgIpc) is 2.83. The molecule has 1 N–H and O–H groups in total. The number of hydrogen-bond donors (Lipinski definition) is 1. The van der Waals surface area contributed by atoms with E-state index in [0.717, 1.165) is 0 Å². The summed E-state index contributed by atoms with van der Waals surface area (Å²) in [6.07, 6.45) is -3.82. The summed E-state index contributed by atoms with van der Waals surface area (Å²) in [5.74, 6) is -3.29. The molecule has 0 bridgehead atoms. The van der Waals surface area contributed by atoms with Gasteiger partial charge in [-0.1, -0.05) is 0 Å². The van der Waals surface area contributed by atoms with Gasteiger partial charge in [0.15, 0.2) is 0 Å². The van der Waals surface area contributed by atoms with Crippen molar-refractivity contribution in [2.24, 2.45) is 0 Å². The Kier molecular flexibility index (Phi) is 4.42. The SMILES string of the molecule is CC(C)(C)OC(=O)N1CC(F)(F)C[C@H]1[C@H]1COS(=O)(=O)N1C(=O)O. The van der Waals surface area contributed by atoms with Crippen molar-refractivity contribution < 1.29 is 40.8 Å². The van der Waals surface area contributed by atoms with E-state index in [9.17, 15) is 26.8 Å². The molecule has 2 heterocycles. The maximum Gasteiger partial charge on any atom is 0.423 e. The molecule has 2 aliphatic rings. The largest absolute Gasteiger partial charge is 0.464 e. The molecule has 9 nitrogen and oxygen atoms in total. The molecular formula is C12H18F2N2O7S. The van der Waals surface area contributed by atoms with Crippen LogP contribution >= 0.6 is 0 Å². The number of hydrogen-bond acceptors (Lipinski definition) is 6. The number of carbonyl (C=O) groups excluding carboxylic acids is 1. The van der Waals surface area contributed by atoms with Crippen molar-refractivity contribution in [3.05, 3.63) is 0 Å². The molecule has 2 saturated heterocycles. The van der Waals surface area contributed by atoms with E-state index in [1.807, 2.05) is 0 Å². The standard InChI is InChI=1S/C12H18F2N2O7S/c1-11(2,3)23-10(19)15-6-12(13,14)4-7(15)8-5-22-24(20,21)16(8)9(17)18/h7-8H,4-6H2,1-3H3,(H,17,18)/t7-,8+/m0/s1. The van der Waals surface area contributed by atoms with E-state index in [0.29, 0.717) is 4.90 Å². The number of carboxylic acid groups (broad SMARTS) is 1. The highest BCUT2D eigenvalue weighted by molar-refractivity contribution is 7.85. The molecule has 2 fully saturated rings. The quantitative estimate of drug-likeness (QED) is 0.737. The Labute approximate surface area is 137 Å². The van der Waals surface area contributed by atoms with Crippen molar-refractivity contribution in [2.75, 3.05) is 13.2 Å². The summed E-state index contributed by atoms with van der Waals surface area (Å²) >= 11 is 0. The monoisotopic (exact) mass is 372 g/mol. The van der Waals surface area contributed by atoms with Gasteiger partial charge in [0.05, 0.1) is 25.2 Å². The predicted molar refractivity (Wildman–Crippen MR) is 74.8 cm³/mol. The fourth-order valence-electron chi connectivity index (χ4n) is 2.66. The van der Waals surface area contributed by atoms with Crippen LogP contribution in [0.3, 0.4) is 0 Å². The van der Waals surface area contributed by atoms with Gasteiger partial charge in [-0.15, -0.1) is 0 Å². The normalized spacial score (nSPS) is 28.9. The first-order valence-corrected chi connectivity index (χ1v) is 8.39. The van der Waals surface area contributed by atoms with Gasteiger partial charge >= 0.3 is 22.5 Å². The summed E-state index contributed by atoms with van der Waals surface area (Å²) < 4.78 is 60.3. The van der Waals surface area contributed by atoms with E-state index in [1.54, 1.807) is 20.8 Å². The molecule has 0 aliphatic carbocycles. The van der Waals surface area contributed by atoms with Crippen LogP contribution in [0.25, 0.3) is 0 Å². The van der Waals surface area contributed by atoms with Gasteiger partial charge in [0.1, 0.15) is 5.60 Å². The topological polar surface area (TPSA) is 113 Å². The second-order valence-electron chi connectivity index (χ2n) is 6.62. The average molecular weight is 372 g/mol. The van der Waals surface area contributed by atoms with E-state index in [-0.39, 0.29) is 4.31 Å². The van der Waals surface area contributed by atoms with Gasteiger partial charge in [-0.25, -0.2) is 18.4 Å². The van der Waals surface area contributed by atoms with Crippen molar-refractivity contribution >= 4 is 22.5 Å². The van der Waals surface area contributed by atoms with E-state index in [4.69, 9.17) is 9.84 Å². The Morgan fingerprint density at radius 1 is 1.29 bits per heavy atom. The maximum absolute atomic E-state index is 13.8. The lowest BCUT2D eigenvalue weighted by atomic mass is 10.1. The third kappa shape index (κ3) is 3.69. The van der Waals surface area contributed by atoms with Gasteiger partial charge in [0, 0.05) is 6.42 Å². The Hall–Kier alpha value is -1.69. The first-order valence-electron chi connectivity index (χ1n) is 7.03. The van der Waals surface area contributed by atoms with E-state index < -0.39 is 65.7 Å². The molecule has 0 aromatic carbocycles. The number of rotatable bonds is 1. The number of nitrogens with zero attached hydrogens (tertiary/aromatic N) is 2. The maximum atomic E-state index is 13.8. The molecule has 138 valence electrons. The molecule has 0 spiro atoms. The van der Waals surface area contributed by atoms with Crippen molar-refractivity contribution in [3.63, 3.8) is 0 Å². The van der Waals surface area contributed by atoms with Crippen LogP contribution in [0.5, 0.6) is 0 Å². The zero-order valence-corrected chi connectivity index (χ0v) is 14.0. The zero-order valence-electron chi connectivity index (χ0n) is 13.2. The van der Waals surface area contributed by atoms with Crippen LogP contribution < -0.4 is 0 Å². The summed E-state index contributed by atoms with van der Waals surface area (Å²) in [5.41, 5.74) is -0.954. The molecule has 24 heavy (non-hydrogen) atoms. The van der Waals surface area contributed by atoms with E-state index in [2.05, 4.69) is 4.18 Å². The Morgan fingerprint density at radius 2 is 1.88 bits per heavy atom. The van der Waals surface area contributed by atoms with Crippen molar-refractivity contribution in [3.8, 4) is 0 Å². The van der Waals surface area contributed by atoms with Crippen LogP contribution in [0, 0.1) is 0 Å². The molecule has 0 radical (unpaired) electrons. The van der Waals surface area contributed by atoms with Gasteiger partial charge in [-0.2, -0.15) is 12.7 Å². The second kappa shape index (κ2) is 5.69. The minimum Gasteiger partial charge on any atom is -0.464 e. The molecule has 0 saturated carbocycles. The van der Waals surface area contributed by atoms with Crippen LogP contribution in [0.1, 0.15) is 27.2 Å². The zero-order chi connectivity index (χ0) is 18.5. The van der Waals surface area contributed by atoms with E-state index in [1.165, 1.54) is 0 Å².